The van der Waals surface area contributed by atoms with E-state index in [1.807, 2.05) is 0 Å². The Balaban J connectivity index is 1.64. The van der Waals surface area contributed by atoms with Gasteiger partial charge in [0.2, 0.25) is 5.88 Å². The van der Waals surface area contributed by atoms with Gasteiger partial charge in [-0.3, -0.25) is 14.8 Å². The molecule has 1 amide bonds. The standard InChI is InChI=1S/C17H15N5O4S3/c1-26-15-9-14(18-10-19-15)22-29(24,25)12-6-4-11(5-7-12)20-17(27)21-16(23)13-3-2-8-28-13/h2-10H,1H3,(H,18,19,22)(H2,20,21,23,27). The minimum atomic E-state index is -3.86. The molecule has 0 saturated carbocycles. The Kier molecular flexibility index (Phi) is 6.36. The van der Waals surface area contributed by atoms with Gasteiger partial charge in [-0.15, -0.1) is 11.3 Å². The van der Waals surface area contributed by atoms with E-state index in [9.17, 15) is 13.2 Å². The first-order valence-electron chi connectivity index (χ1n) is 8.02. The summed E-state index contributed by atoms with van der Waals surface area (Å²) in [5.74, 6) is -0.00643. The van der Waals surface area contributed by atoms with E-state index >= 15 is 0 Å². The van der Waals surface area contributed by atoms with E-state index in [1.165, 1.54) is 55.1 Å². The smallest absolute Gasteiger partial charge is 0.267 e. The Hall–Kier alpha value is -3.09. The molecule has 3 aromatic rings. The van der Waals surface area contributed by atoms with Crippen molar-refractivity contribution in [2.45, 2.75) is 4.90 Å². The second-order valence-corrected chi connectivity index (χ2v) is 8.50. The van der Waals surface area contributed by atoms with E-state index in [4.69, 9.17) is 17.0 Å². The van der Waals surface area contributed by atoms with Crippen molar-refractivity contribution in [2.24, 2.45) is 0 Å². The molecule has 0 fully saturated rings. The molecule has 0 aliphatic carbocycles. The van der Waals surface area contributed by atoms with Crippen molar-refractivity contribution in [2.75, 3.05) is 17.1 Å². The van der Waals surface area contributed by atoms with Gasteiger partial charge in [0.1, 0.15) is 12.1 Å². The zero-order valence-electron chi connectivity index (χ0n) is 14.9. The van der Waals surface area contributed by atoms with Gasteiger partial charge in [-0.1, -0.05) is 6.07 Å². The number of ether oxygens (including phenoxy) is 1. The van der Waals surface area contributed by atoms with E-state index in [-0.39, 0.29) is 27.6 Å². The van der Waals surface area contributed by atoms with Gasteiger partial charge in [0.15, 0.2) is 5.11 Å². The number of nitrogens with one attached hydrogen (secondary N) is 3. The topological polar surface area (TPSA) is 122 Å². The number of thiocarbonyl (C=S) groups is 1. The van der Waals surface area contributed by atoms with Crippen LogP contribution in [0.2, 0.25) is 0 Å². The second kappa shape index (κ2) is 8.94. The molecule has 0 bridgehead atoms. The summed E-state index contributed by atoms with van der Waals surface area (Å²) >= 11 is 6.40. The number of thiophene rings is 1. The van der Waals surface area contributed by atoms with Gasteiger partial charge in [-0.2, -0.15) is 0 Å². The fourth-order valence-corrected chi connectivity index (χ4v) is 3.98. The van der Waals surface area contributed by atoms with E-state index < -0.39 is 10.0 Å². The number of methoxy groups -OCH3 is 1. The van der Waals surface area contributed by atoms with Crippen LogP contribution in [0.1, 0.15) is 9.67 Å². The van der Waals surface area contributed by atoms with Gasteiger partial charge < -0.3 is 10.1 Å². The van der Waals surface area contributed by atoms with Crippen molar-refractivity contribution in [3.8, 4) is 5.88 Å². The number of amides is 1. The molecule has 3 N–H and O–H groups in total. The number of sulfonamides is 1. The van der Waals surface area contributed by atoms with E-state index in [0.29, 0.717) is 10.6 Å². The molecule has 3 rings (SSSR count). The molecule has 0 aliphatic rings. The van der Waals surface area contributed by atoms with Gasteiger partial charge in [0, 0.05) is 11.8 Å². The van der Waals surface area contributed by atoms with Crippen molar-refractivity contribution in [1.82, 2.24) is 15.3 Å². The molecule has 2 aromatic heterocycles. The average Bonchev–Trinajstić information content (AvgIpc) is 3.23. The lowest BCUT2D eigenvalue weighted by Gasteiger charge is -2.11. The number of hydrogen-bond acceptors (Lipinski definition) is 8. The summed E-state index contributed by atoms with van der Waals surface area (Å²) in [6, 6.07) is 10.7. The quantitative estimate of drug-likeness (QED) is 0.491. The molecular weight excluding hydrogens is 434 g/mol. The summed E-state index contributed by atoms with van der Waals surface area (Å²) in [4.78, 5) is 20.2. The third kappa shape index (κ3) is 5.47. The zero-order valence-corrected chi connectivity index (χ0v) is 17.4. The maximum atomic E-state index is 12.5. The summed E-state index contributed by atoms with van der Waals surface area (Å²) in [5.41, 5.74) is 0.518. The van der Waals surface area contributed by atoms with Crippen molar-refractivity contribution in [3.05, 3.63) is 59.0 Å². The van der Waals surface area contributed by atoms with Crippen molar-refractivity contribution in [1.29, 1.82) is 0 Å². The Morgan fingerprint density at radius 3 is 2.59 bits per heavy atom. The fourth-order valence-electron chi connectivity index (χ4n) is 2.16. The Bertz CT molecular complexity index is 1120. The highest BCUT2D eigenvalue weighted by molar-refractivity contribution is 7.92. The second-order valence-electron chi connectivity index (χ2n) is 5.46. The Morgan fingerprint density at radius 2 is 1.93 bits per heavy atom. The largest absolute Gasteiger partial charge is 0.481 e. The van der Waals surface area contributed by atoms with Crippen molar-refractivity contribution >= 4 is 56.1 Å². The van der Waals surface area contributed by atoms with Gasteiger partial charge in [-0.05, 0) is 47.9 Å². The third-order valence-electron chi connectivity index (χ3n) is 3.48. The van der Waals surface area contributed by atoms with Gasteiger partial charge in [0.25, 0.3) is 15.9 Å². The van der Waals surface area contributed by atoms with Crippen LogP contribution in [0.5, 0.6) is 5.88 Å². The first-order valence-corrected chi connectivity index (χ1v) is 10.8. The van der Waals surface area contributed by atoms with Gasteiger partial charge in [0.05, 0.1) is 16.9 Å². The van der Waals surface area contributed by atoms with Crippen molar-refractivity contribution in [3.63, 3.8) is 0 Å². The van der Waals surface area contributed by atoms with Crippen LogP contribution in [0.3, 0.4) is 0 Å². The van der Waals surface area contributed by atoms with Gasteiger partial charge >= 0.3 is 0 Å². The van der Waals surface area contributed by atoms with Gasteiger partial charge in [-0.25, -0.2) is 18.4 Å². The molecule has 1 aromatic carbocycles. The predicted molar refractivity (Wildman–Crippen MR) is 114 cm³/mol. The summed E-state index contributed by atoms with van der Waals surface area (Å²) in [7, 11) is -2.44. The Labute approximate surface area is 176 Å². The van der Waals surface area contributed by atoms with E-state index in [2.05, 4.69) is 25.3 Å². The molecule has 0 unspecified atom stereocenters. The first-order chi connectivity index (χ1) is 13.9. The highest BCUT2D eigenvalue weighted by Crippen LogP contribution is 2.18. The van der Waals surface area contributed by atoms with Crippen LogP contribution in [0.4, 0.5) is 11.5 Å². The molecule has 0 spiro atoms. The molecule has 150 valence electrons. The number of benzene rings is 1. The highest BCUT2D eigenvalue weighted by atomic mass is 32.2. The summed E-state index contributed by atoms with van der Waals surface area (Å²) < 4.78 is 32.3. The lowest BCUT2D eigenvalue weighted by atomic mass is 10.3. The lowest BCUT2D eigenvalue weighted by Crippen LogP contribution is -2.33. The average molecular weight is 450 g/mol. The number of carbonyl (C=O) groups is 1. The number of nitrogens with zero attached hydrogens (tertiary/aromatic N) is 2. The molecule has 0 saturated heterocycles. The van der Waals surface area contributed by atoms with E-state index in [1.54, 1.807) is 17.5 Å². The fraction of sp³-hybridized carbons (Fsp3) is 0.0588. The molecule has 29 heavy (non-hydrogen) atoms. The highest BCUT2D eigenvalue weighted by Gasteiger charge is 2.16. The minimum Gasteiger partial charge on any atom is -0.481 e. The van der Waals surface area contributed by atoms with Crippen LogP contribution < -0.4 is 20.1 Å². The summed E-state index contributed by atoms with van der Waals surface area (Å²) in [6.45, 7) is 0. The van der Waals surface area contributed by atoms with Crippen LogP contribution in [0.15, 0.2) is 59.1 Å². The molecule has 2 heterocycles. The first kappa shape index (κ1) is 20.6. The van der Waals surface area contributed by atoms with Crippen LogP contribution in [-0.2, 0) is 10.0 Å². The summed E-state index contributed by atoms with van der Waals surface area (Å²) in [6.07, 6.45) is 1.19. The summed E-state index contributed by atoms with van der Waals surface area (Å²) in [5, 5.41) is 7.27. The minimum absolute atomic E-state index is 0.0224. The van der Waals surface area contributed by atoms with Crippen LogP contribution in [0, 0.1) is 0 Å². The number of hydrogen-bond donors (Lipinski definition) is 3. The Morgan fingerprint density at radius 1 is 1.17 bits per heavy atom. The van der Waals surface area contributed by atoms with Crippen LogP contribution >= 0.6 is 23.6 Å². The number of rotatable bonds is 6. The third-order valence-corrected chi connectivity index (χ3v) is 5.93. The lowest BCUT2D eigenvalue weighted by molar-refractivity contribution is 0.0981. The molecule has 0 aliphatic heterocycles. The normalized spacial score (nSPS) is 10.8. The number of carbonyl (C=O) groups excluding carboxylic acids is 1. The monoisotopic (exact) mass is 449 g/mol. The molecule has 9 nitrogen and oxygen atoms in total. The van der Waals surface area contributed by atoms with Crippen molar-refractivity contribution < 1.29 is 17.9 Å². The maximum absolute atomic E-state index is 12.5. The molecule has 0 atom stereocenters. The molecule has 12 heteroatoms. The zero-order chi connectivity index (χ0) is 20.9. The predicted octanol–water partition coefficient (Wildman–Crippen LogP) is 2.47. The van der Waals surface area contributed by atoms with Crippen LogP contribution in [-0.4, -0.2) is 36.5 Å². The van der Waals surface area contributed by atoms with E-state index in [0.717, 1.165) is 0 Å². The molecular formula is C17H15N5O4S3. The van der Waals surface area contributed by atoms with Crippen LogP contribution in [0.25, 0.3) is 0 Å². The number of aromatic nitrogens is 2. The molecule has 0 radical (unpaired) electrons. The maximum Gasteiger partial charge on any atom is 0.267 e. The SMILES string of the molecule is COc1cc(NS(=O)(=O)c2ccc(NC(=S)NC(=O)c3cccs3)cc2)ncn1. The number of anilines is 2.